The van der Waals surface area contributed by atoms with Crippen molar-refractivity contribution in [1.82, 2.24) is 30.6 Å². The van der Waals surface area contributed by atoms with Crippen LogP contribution >= 0.6 is 15.9 Å². The average Bonchev–Trinajstić information content (AvgIpc) is 1.52. The van der Waals surface area contributed by atoms with Gasteiger partial charge in [0.05, 0.1) is 4.47 Å². The van der Waals surface area contributed by atoms with Crippen LogP contribution in [0.2, 0.25) is 0 Å². The molecule has 504 valence electrons. The summed E-state index contributed by atoms with van der Waals surface area (Å²) in [5, 5.41) is 23.4. The van der Waals surface area contributed by atoms with E-state index in [0.717, 1.165) is 60.8 Å². The lowest BCUT2D eigenvalue weighted by atomic mass is 9.75. The minimum atomic E-state index is -1.35. The summed E-state index contributed by atoms with van der Waals surface area (Å²) in [5.41, 5.74) is 9.17. The average molecular weight is 1360 g/mol. The molecule has 16 nitrogen and oxygen atoms in total. The van der Waals surface area contributed by atoms with E-state index in [1.807, 2.05) is 146 Å². The van der Waals surface area contributed by atoms with E-state index in [1.165, 1.54) is 75.3 Å². The van der Waals surface area contributed by atoms with Crippen molar-refractivity contribution in [2.24, 2.45) is 11.8 Å². The zero-order valence-electron chi connectivity index (χ0n) is 56.6. The lowest BCUT2D eigenvalue weighted by molar-refractivity contribution is -0.158. The van der Waals surface area contributed by atoms with Crippen molar-refractivity contribution in [3.8, 4) is 33.9 Å². The van der Waals surface area contributed by atoms with Gasteiger partial charge in [-0.15, -0.1) is 0 Å². The molecular formula is C78H92BBrN6O10. The summed E-state index contributed by atoms with van der Waals surface area (Å²) in [7, 11) is -1.35. The summed E-state index contributed by atoms with van der Waals surface area (Å²) < 4.78 is 22.5. The second-order valence-corrected chi connectivity index (χ2v) is 27.7. The Kier molecular flexibility index (Phi) is 27.4. The Hall–Kier alpha value is -8.58. The maximum Gasteiger partial charge on any atom is 0.488 e. The number of benzene rings is 6. The molecule has 96 heavy (non-hydrogen) atoms. The molecule has 2 aliphatic rings. The van der Waals surface area contributed by atoms with Crippen molar-refractivity contribution in [2.45, 2.75) is 181 Å². The highest BCUT2D eigenvalue weighted by molar-refractivity contribution is 9.10. The van der Waals surface area contributed by atoms with Crippen LogP contribution in [0.15, 0.2) is 187 Å². The van der Waals surface area contributed by atoms with Crippen LogP contribution in [-0.4, -0.2) is 84.5 Å². The topological polar surface area (TPSA) is 221 Å². The molecule has 2 fully saturated rings. The number of carbonyl (C=O) groups excluding carboxylic acids is 4. The lowest BCUT2D eigenvalue weighted by Gasteiger charge is -2.28. The molecule has 0 bridgehead atoms. The normalized spacial score (nSPS) is 16.7. The van der Waals surface area contributed by atoms with Crippen LogP contribution in [-0.2, 0) is 54.6 Å². The van der Waals surface area contributed by atoms with Gasteiger partial charge in [-0.2, -0.15) is 0 Å². The van der Waals surface area contributed by atoms with E-state index in [0.29, 0.717) is 28.9 Å². The number of amides is 2. The third-order valence-corrected chi connectivity index (χ3v) is 17.6. The first kappa shape index (κ1) is 73.2. The summed E-state index contributed by atoms with van der Waals surface area (Å²) >= 11 is 3.32. The third kappa shape index (κ3) is 24.0. The van der Waals surface area contributed by atoms with Crippen LogP contribution in [0.3, 0.4) is 0 Å². The number of nitrogens with zero attached hydrogens (tertiary/aromatic N) is 4. The molecule has 0 spiro atoms. The summed E-state index contributed by atoms with van der Waals surface area (Å²) in [6.45, 7) is 15.5. The number of ether oxygens (including phenoxy) is 4. The fourth-order valence-electron chi connectivity index (χ4n) is 11.8. The van der Waals surface area contributed by atoms with Crippen LogP contribution in [0.5, 0.6) is 0 Å². The zero-order chi connectivity index (χ0) is 68.6. The number of rotatable bonds is 20. The van der Waals surface area contributed by atoms with Gasteiger partial charge in [0.25, 0.3) is 0 Å². The largest absolute Gasteiger partial charge is 0.488 e. The molecule has 0 radical (unpaired) electrons. The molecule has 2 atom stereocenters. The number of alkyl carbamates (subject to hydrolysis) is 2. The summed E-state index contributed by atoms with van der Waals surface area (Å²) in [6.07, 6.45) is 19.3. The van der Waals surface area contributed by atoms with Crippen molar-refractivity contribution in [3.63, 3.8) is 0 Å². The highest BCUT2D eigenvalue weighted by atomic mass is 79.9. The van der Waals surface area contributed by atoms with Gasteiger partial charge in [0.15, 0.2) is 11.6 Å². The van der Waals surface area contributed by atoms with Crippen LogP contribution in [0.1, 0.15) is 165 Å². The van der Waals surface area contributed by atoms with E-state index < -0.39 is 54.5 Å². The number of aromatic nitrogens is 4. The Balaban J connectivity index is 0.000000204. The van der Waals surface area contributed by atoms with Gasteiger partial charge in [-0.05, 0) is 177 Å². The van der Waals surface area contributed by atoms with E-state index in [1.54, 1.807) is 53.9 Å². The maximum atomic E-state index is 13.0. The van der Waals surface area contributed by atoms with Gasteiger partial charge in [0, 0.05) is 54.3 Å². The van der Waals surface area contributed by atoms with E-state index in [-0.39, 0.29) is 26.1 Å². The highest BCUT2D eigenvalue weighted by Gasteiger charge is 2.30. The molecule has 2 heterocycles. The predicted octanol–water partition coefficient (Wildman–Crippen LogP) is 15.8. The molecule has 2 amide bonds. The molecule has 6 aromatic carbocycles. The molecule has 2 aliphatic carbocycles. The molecule has 2 saturated carbocycles. The van der Waals surface area contributed by atoms with Crippen molar-refractivity contribution >= 4 is 52.6 Å². The fourth-order valence-corrected chi connectivity index (χ4v) is 12.0. The van der Waals surface area contributed by atoms with Gasteiger partial charge in [-0.3, -0.25) is 0 Å². The Bertz CT molecular complexity index is 3670. The molecule has 8 aromatic rings. The zero-order valence-corrected chi connectivity index (χ0v) is 58.2. The molecular weight excluding hydrogens is 1270 g/mol. The van der Waals surface area contributed by atoms with Crippen molar-refractivity contribution in [3.05, 3.63) is 220 Å². The minimum absolute atomic E-state index is 0.104. The number of hydrogen-bond acceptors (Lipinski definition) is 14. The van der Waals surface area contributed by atoms with E-state index in [4.69, 9.17) is 29.0 Å². The lowest BCUT2D eigenvalue weighted by Crippen LogP contribution is -2.45. The van der Waals surface area contributed by atoms with Gasteiger partial charge in [-0.25, -0.2) is 39.1 Å². The Morgan fingerprint density at radius 1 is 0.469 bits per heavy atom. The Labute approximate surface area is 575 Å². The smallest absolute Gasteiger partial charge is 0.458 e. The first-order chi connectivity index (χ1) is 46.1. The first-order valence-electron chi connectivity index (χ1n) is 33.5. The monoisotopic (exact) mass is 1360 g/mol. The summed E-state index contributed by atoms with van der Waals surface area (Å²) in [6, 6.07) is 48.7. The first-order valence-corrected chi connectivity index (χ1v) is 34.3. The molecule has 0 saturated heterocycles. The SMILES string of the molecule is CC(C)(C)OC(=O)[C@H](Cc1ccc(-c2ncc(Br)cn2)cc1)NC(=O)OCc1ccccc1.CCC1CCC(c2ccc(-c3cnc(-c4ccc(C[C@H](NC(=O)OCc5ccccc5)C(=O)OC(C)(C)C)cc4)nc3)cc2)CC1.CCC1CCC(c2ccc(B(O)O)cc2)CC1. The maximum absolute atomic E-state index is 13.0. The molecule has 4 N–H and O–H groups in total. The van der Waals surface area contributed by atoms with E-state index in [9.17, 15) is 19.2 Å². The number of carbonyl (C=O) groups is 4. The number of halogens is 1. The van der Waals surface area contributed by atoms with E-state index in [2.05, 4.69) is 84.6 Å². The molecule has 0 aliphatic heterocycles. The molecule has 2 aromatic heterocycles. The number of nitrogens with one attached hydrogen (secondary N) is 2. The highest BCUT2D eigenvalue weighted by Crippen LogP contribution is 2.39. The van der Waals surface area contributed by atoms with Crippen LogP contribution < -0.4 is 16.1 Å². The second kappa shape index (κ2) is 36.0. The second-order valence-electron chi connectivity index (χ2n) is 26.8. The van der Waals surface area contributed by atoms with Crippen LogP contribution in [0.25, 0.3) is 33.9 Å². The fraction of sp³-hybridized carbons (Fsp3) is 0.385. The van der Waals surface area contributed by atoms with Crippen molar-refractivity contribution in [1.29, 1.82) is 0 Å². The van der Waals surface area contributed by atoms with Gasteiger partial charge < -0.3 is 39.6 Å². The van der Waals surface area contributed by atoms with Gasteiger partial charge in [0.1, 0.15) is 36.5 Å². The Morgan fingerprint density at radius 2 is 0.823 bits per heavy atom. The van der Waals surface area contributed by atoms with Gasteiger partial charge in [-0.1, -0.05) is 184 Å². The minimum Gasteiger partial charge on any atom is -0.458 e. The van der Waals surface area contributed by atoms with Crippen LogP contribution in [0.4, 0.5) is 9.59 Å². The van der Waals surface area contributed by atoms with Crippen molar-refractivity contribution < 1.29 is 48.2 Å². The third-order valence-electron chi connectivity index (χ3n) is 17.2. The van der Waals surface area contributed by atoms with Crippen molar-refractivity contribution in [2.75, 3.05) is 0 Å². The van der Waals surface area contributed by atoms with Gasteiger partial charge in [0.2, 0.25) is 0 Å². The molecule has 0 unspecified atom stereocenters. The Morgan fingerprint density at radius 3 is 1.18 bits per heavy atom. The molecule has 18 heteroatoms. The van der Waals surface area contributed by atoms with Crippen LogP contribution in [0, 0.1) is 11.8 Å². The summed E-state index contributed by atoms with van der Waals surface area (Å²) in [5.74, 6) is 3.31. The summed E-state index contributed by atoms with van der Waals surface area (Å²) in [4.78, 5) is 68.7. The quantitative estimate of drug-likeness (QED) is 0.0317. The standard InChI is InChI=1S/C39H45N3O4.C25H26BrN3O4.C14H21BO2/c1-5-27-11-15-30(16-12-27)31-19-21-32(22-20-31)34-24-40-36(41-25-34)33-17-13-28(14-18-33)23-35(37(43)46-39(2,3)4)42-38(44)45-26-29-9-7-6-8-10-29;1-25(2,3)33-23(30)21(29-24(31)32-16-18-7-5-4-6-8-18)13-17-9-11-19(12-10-17)22-27-14-20(26)15-28-22;1-2-11-3-5-12(6-4-11)13-7-9-14(10-8-13)15(16)17/h6-10,13-14,17-22,24-25,27,30,35H,5,11-12,15-16,23,26H2,1-4H3,(H,42,44);4-12,14-15,21H,13,16H2,1-3H3,(H,29,31);7-12,16-17H,2-6H2,1H3/t27?,30?,35-;21-;/m00./s1. The number of esters is 2. The van der Waals surface area contributed by atoms with Gasteiger partial charge >= 0.3 is 31.2 Å². The van der Waals surface area contributed by atoms with E-state index >= 15 is 0 Å². The number of hydrogen-bond donors (Lipinski definition) is 4. The predicted molar refractivity (Wildman–Crippen MR) is 381 cm³/mol. The molecule has 10 rings (SSSR count).